The van der Waals surface area contributed by atoms with Crippen molar-refractivity contribution in [2.24, 2.45) is 0 Å². The second kappa shape index (κ2) is 7.09. The minimum absolute atomic E-state index is 0.0761. The lowest BCUT2D eigenvalue weighted by Gasteiger charge is -2.19. The Morgan fingerprint density at radius 3 is 2.40 bits per heavy atom. The first kappa shape index (κ1) is 19.8. The predicted molar refractivity (Wildman–Crippen MR) is 114 cm³/mol. The van der Waals surface area contributed by atoms with Gasteiger partial charge >= 0.3 is 0 Å². The number of rotatable bonds is 4. The fourth-order valence-electron chi connectivity index (χ4n) is 3.66. The molecule has 0 bridgehead atoms. The van der Waals surface area contributed by atoms with Gasteiger partial charge < -0.3 is 0 Å². The fraction of sp³-hybridized carbons (Fsp3) is 0.304. The lowest BCUT2D eigenvalue weighted by Crippen LogP contribution is -2.34. The summed E-state index contributed by atoms with van der Waals surface area (Å²) in [6.07, 6.45) is 5.46. The summed E-state index contributed by atoms with van der Waals surface area (Å²) in [5.41, 5.74) is 3.65. The van der Waals surface area contributed by atoms with Crippen molar-refractivity contribution in [3.05, 3.63) is 59.4 Å². The summed E-state index contributed by atoms with van der Waals surface area (Å²) in [5, 5.41) is 0. The third-order valence-electron chi connectivity index (χ3n) is 5.51. The van der Waals surface area contributed by atoms with E-state index in [1.807, 2.05) is 39.0 Å². The van der Waals surface area contributed by atoms with Crippen LogP contribution in [0, 0.1) is 13.8 Å². The molecule has 0 spiro atoms. The Kier molecular flexibility index (Phi) is 4.68. The van der Waals surface area contributed by atoms with Crippen LogP contribution in [0.4, 0.5) is 11.6 Å². The van der Waals surface area contributed by atoms with Gasteiger partial charge in [-0.3, -0.25) is 9.59 Å². The highest BCUT2D eigenvalue weighted by Gasteiger charge is 2.45. The number of hydrogen-bond donors (Lipinski definition) is 0. The van der Waals surface area contributed by atoms with Crippen molar-refractivity contribution in [1.29, 1.82) is 0 Å². The summed E-state index contributed by atoms with van der Waals surface area (Å²) in [4.78, 5) is 44.6. The molecule has 0 fully saturated rings. The number of nitrogens with zero attached hydrogens (tertiary/aromatic N) is 5. The van der Waals surface area contributed by atoms with Crippen LogP contribution in [-0.4, -0.2) is 31.6 Å². The molecule has 0 atom stereocenters. The zero-order chi connectivity index (χ0) is 21.6. The van der Waals surface area contributed by atoms with E-state index >= 15 is 0 Å². The number of anilines is 2. The Morgan fingerprint density at radius 2 is 1.73 bits per heavy atom. The highest BCUT2D eigenvalue weighted by atomic mass is 16.2. The monoisotopic (exact) mass is 401 g/mol. The van der Waals surface area contributed by atoms with Gasteiger partial charge in [-0.05, 0) is 50.5 Å². The van der Waals surface area contributed by atoms with Crippen molar-refractivity contribution in [3.8, 4) is 11.1 Å². The van der Waals surface area contributed by atoms with Crippen LogP contribution in [-0.2, 0) is 10.2 Å². The van der Waals surface area contributed by atoms with Crippen molar-refractivity contribution in [1.82, 2.24) is 19.9 Å². The van der Waals surface area contributed by atoms with Gasteiger partial charge in [0.1, 0.15) is 11.5 Å². The van der Waals surface area contributed by atoms with Gasteiger partial charge in [0.25, 0.3) is 0 Å². The molecule has 3 aromatic rings. The van der Waals surface area contributed by atoms with E-state index in [1.165, 1.54) is 4.90 Å². The molecule has 0 radical (unpaired) electrons. The van der Waals surface area contributed by atoms with E-state index in [9.17, 15) is 9.59 Å². The van der Waals surface area contributed by atoms with Crippen molar-refractivity contribution in [2.75, 3.05) is 4.90 Å². The maximum absolute atomic E-state index is 13.3. The first-order chi connectivity index (χ1) is 14.2. The van der Waals surface area contributed by atoms with Gasteiger partial charge in [0.15, 0.2) is 5.78 Å². The molecule has 0 aliphatic carbocycles. The van der Waals surface area contributed by atoms with E-state index in [0.717, 1.165) is 16.7 Å². The van der Waals surface area contributed by atoms with Crippen molar-refractivity contribution >= 4 is 23.3 Å². The molecule has 4 rings (SSSR count). The lowest BCUT2D eigenvalue weighted by molar-refractivity contribution is -0.121. The number of carbonyl (C=O) groups is 2. The highest BCUT2D eigenvalue weighted by Crippen LogP contribution is 2.45. The van der Waals surface area contributed by atoms with Gasteiger partial charge in [-0.1, -0.05) is 19.1 Å². The van der Waals surface area contributed by atoms with E-state index in [0.29, 0.717) is 29.2 Å². The average Bonchev–Trinajstić information content (AvgIpc) is 2.94. The number of aromatic nitrogens is 4. The van der Waals surface area contributed by atoms with Gasteiger partial charge in [0.05, 0.1) is 11.1 Å². The van der Waals surface area contributed by atoms with Gasteiger partial charge in [-0.25, -0.2) is 24.8 Å². The van der Waals surface area contributed by atoms with Crippen LogP contribution < -0.4 is 4.90 Å². The van der Waals surface area contributed by atoms with Crippen LogP contribution in [0.5, 0.6) is 0 Å². The predicted octanol–water partition coefficient (Wildman–Crippen LogP) is 4.10. The highest BCUT2D eigenvalue weighted by molar-refractivity contribution is 6.12. The van der Waals surface area contributed by atoms with Gasteiger partial charge in [0.2, 0.25) is 11.9 Å². The SMILES string of the molecule is CCC(=O)c1nc(N2C(=O)C(C)(C)c3ccc(-c4cnc(C)nc4)cc32)ncc1C. The third kappa shape index (κ3) is 3.07. The molecule has 30 heavy (non-hydrogen) atoms. The molecule has 1 aliphatic rings. The molecule has 7 nitrogen and oxygen atoms in total. The second-order valence-corrected chi connectivity index (χ2v) is 7.99. The van der Waals surface area contributed by atoms with E-state index in [4.69, 9.17) is 0 Å². The van der Waals surface area contributed by atoms with E-state index < -0.39 is 5.41 Å². The molecule has 1 aliphatic heterocycles. The molecule has 3 heterocycles. The average molecular weight is 401 g/mol. The third-order valence-corrected chi connectivity index (χ3v) is 5.51. The topological polar surface area (TPSA) is 88.9 Å². The summed E-state index contributed by atoms with van der Waals surface area (Å²) in [7, 11) is 0. The van der Waals surface area contributed by atoms with Crippen LogP contribution in [0.2, 0.25) is 0 Å². The van der Waals surface area contributed by atoms with Gasteiger partial charge in [0, 0.05) is 30.6 Å². The molecule has 152 valence electrons. The van der Waals surface area contributed by atoms with Crippen molar-refractivity contribution < 1.29 is 9.59 Å². The van der Waals surface area contributed by atoms with E-state index in [1.54, 1.807) is 32.4 Å². The summed E-state index contributed by atoms with van der Waals surface area (Å²) in [6.45, 7) is 9.19. The lowest BCUT2D eigenvalue weighted by atomic mass is 9.85. The molecule has 0 saturated carbocycles. The fourth-order valence-corrected chi connectivity index (χ4v) is 3.66. The smallest absolute Gasteiger partial charge is 0.244 e. The number of benzene rings is 1. The number of carbonyl (C=O) groups excluding carboxylic acids is 2. The molecule has 2 aromatic heterocycles. The molecular formula is C23H23N5O2. The minimum Gasteiger partial charge on any atom is -0.292 e. The molecule has 1 aromatic carbocycles. The number of Topliss-reactive ketones (excluding diaryl/α,β-unsaturated/α-hetero) is 1. The summed E-state index contributed by atoms with van der Waals surface area (Å²) < 4.78 is 0. The summed E-state index contributed by atoms with van der Waals surface area (Å²) >= 11 is 0. The number of aryl methyl sites for hydroxylation is 2. The molecule has 0 saturated heterocycles. The molecule has 0 N–H and O–H groups in total. The minimum atomic E-state index is -0.735. The van der Waals surface area contributed by atoms with Crippen molar-refractivity contribution in [3.63, 3.8) is 0 Å². The largest absolute Gasteiger partial charge is 0.292 e. The summed E-state index contributed by atoms with van der Waals surface area (Å²) in [5.74, 6) is 0.701. The Bertz CT molecular complexity index is 1170. The zero-order valence-corrected chi connectivity index (χ0v) is 17.7. The molecular weight excluding hydrogens is 378 g/mol. The maximum atomic E-state index is 13.3. The first-order valence-corrected chi connectivity index (χ1v) is 9.89. The van der Waals surface area contributed by atoms with E-state index in [2.05, 4.69) is 19.9 Å². The number of ketones is 1. The Morgan fingerprint density at radius 1 is 1.03 bits per heavy atom. The van der Waals surface area contributed by atoms with Crippen LogP contribution in [0.3, 0.4) is 0 Å². The zero-order valence-electron chi connectivity index (χ0n) is 17.7. The standard InChI is InChI=1S/C23H23N5O2/c1-6-19(29)20-13(2)10-26-22(27-20)28-18-9-15(16-11-24-14(3)25-12-16)7-8-17(18)23(4,5)21(28)30/h7-12H,6H2,1-5H3. The Hall–Kier alpha value is -3.48. The normalized spacial score (nSPS) is 14.7. The second-order valence-electron chi connectivity index (χ2n) is 7.99. The maximum Gasteiger partial charge on any atom is 0.244 e. The quantitative estimate of drug-likeness (QED) is 0.612. The van der Waals surface area contributed by atoms with Crippen LogP contribution in [0.1, 0.15) is 54.6 Å². The number of amides is 1. The van der Waals surface area contributed by atoms with Gasteiger partial charge in [-0.15, -0.1) is 0 Å². The van der Waals surface area contributed by atoms with Crippen molar-refractivity contribution in [2.45, 2.75) is 46.5 Å². The number of hydrogen-bond acceptors (Lipinski definition) is 6. The Balaban J connectivity index is 1.87. The molecule has 1 amide bonds. The summed E-state index contributed by atoms with van der Waals surface area (Å²) in [6, 6.07) is 5.85. The van der Waals surface area contributed by atoms with E-state index in [-0.39, 0.29) is 17.6 Å². The Labute approximate surface area is 175 Å². The molecule has 0 unspecified atom stereocenters. The molecule has 7 heteroatoms. The number of fused-ring (bicyclic) bond motifs is 1. The van der Waals surface area contributed by atoms with Crippen LogP contribution in [0.25, 0.3) is 11.1 Å². The first-order valence-electron chi connectivity index (χ1n) is 9.89. The van der Waals surface area contributed by atoms with Crippen LogP contribution in [0.15, 0.2) is 36.8 Å². The van der Waals surface area contributed by atoms with Gasteiger partial charge in [-0.2, -0.15) is 0 Å². The van der Waals surface area contributed by atoms with Crippen LogP contribution >= 0.6 is 0 Å².